The molecule has 0 heterocycles. The summed E-state index contributed by atoms with van der Waals surface area (Å²) in [5.74, 6) is 0.334. The molecule has 4 heteroatoms. The molecule has 1 N–H and O–H groups in total. The van der Waals surface area contributed by atoms with E-state index in [4.69, 9.17) is 4.74 Å². The Balaban J connectivity index is 2.68. The van der Waals surface area contributed by atoms with Crippen LogP contribution >= 0.6 is 11.8 Å². The summed E-state index contributed by atoms with van der Waals surface area (Å²) in [6, 6.07) is 8.67. The number of esters is 1. The molecule has 118 valence electrons. The maximum atomic E-state index is 11.9. The van der Waals surface area contributed by atoms with Crippen LogP contribution in [0.1, 0.15) is 45.6 Å². The second-order valence-electron chi connectivity index (χ2n) is 5.93. The van der Waals surface area contributed by atoms with Crippen LogP contribution in [0.5, 0.6) is 0 Å². The van der Waals surface area contributed by atoms with E-state index in [1.165, 1.54) is 17.6 Å². The number of carbonyl (C=O) groups excluding carboxylic acids is 1. The van der Waals surface area contributed by atoms with Crippen LogP contribution in [0, 0.1) is 0 Å². The lowest BCUT2D eigenvalue weighted by Gasteiger charge is -2.28. The maximum Gasteiger partial charge on any atom is 0.325 e. The van der Waals surface area contributed by atoms with Crippen LogP contribution in [0.4, 0.5) is 0 Å². The fourth-order valence-electron chi connectivity index (χ4n) is 2.29. The summed E-state index contributed by atoms with van der Waals surface area (Å²) in [6.45, 7) is 8.41. The van der Waals surface area contributed by atoms with E-state index in [1.54, 1.807) is 18.8 Å². The van der Waals surface area contributed by atoms with Gasteiger partial charge in [-0.1, -0.05) is 32.9 Å². The van der Waals surface area contributed by atoms with Gasteiger partial charge in [-0.25, -0.2) is 0 Å². The highest BCUT2D eigenvalue weighted by Gasteiger charge is 2.34. The van der Waals surface area contributed by atoms with Gasteiger partial charge in [0.1, 0.15) is 5.54 Å². The van der Waals surface area contributed by atoms with E-state index in [9.17, 15) is 4.79 Å². The van der Waals surface area contributed by atoms with Crippen LogP contribution in [0.2, 0.25) is 0 Å². The first-order valence-electron chi connectivity index (χ1n) is 7.36. The maximum absolute atomic E-state index is 11.9. The van der Waals surface area contributed by atoms with Crippen molar-refractivity contribution in [3.05, 3.63) is 29.8 Å². The molecule has 2 atom stereocenters. The lowest BCUT2D eigenvalue weighted by atomic mass is 9.96. The Morgan fingerprint density at radius 2 is 1.86 bits per heavy atom. The average molecular weight is 309 g/mol. The van der Waals surface area contributed by atoms with Crippen LogP contribution in [0.25, 0.3) is 0 Å². The second kappa shape index (κ2) is 7.85. The molecule has 0 aliphatic heterocycles. The Hall–Kier alpha value is -1.00. The van der Waals surface area contributed by atoms with E-state index in [-0.39, 0.29) is 5.97 Å². The van der Waals surface area contributed by atoms with Gasteiger partial charge in [-0.2, -0.15) is 0 Å². The summed E-state index contributed by atoms with van der Waals surface area (Å²) in [4.78, 5) is 13.1. The first-order chi connectivity index (χ1) is 9.82. The number of thioether (sulfide) groups is 1. The highest BCUT2D eigenvalue weighted by Crippen LogP contribution is 2.30. The van der Waals surface area contributed by atoms with Gasteiger partial charge in [0.25, 0.3) is 0 Å². The lowest BCUT2D eigenvalue weighted by Crippen LogP contribution is -2.49. The van der Waals surface area contributed by atoms with Crippen molar-refractivity contribution >= 4 is 17.7 Å². The number of rotatable bonds is 7. The van der Waals surface area contributed by atoms with Crippen molar-refractivity contribution in [2.24, 2.45) is 0 Å². The summed E-state index contributed by atoms with van der Waals surface area (Å²) in [6.07, 6.45) is 0.715. The van der Waals surface area contributed by atoms with Crippen LogP contribution < -0.4 is 5.32 Å². The number of hydrogen-bond acceptors (Lipinski definition) is 4. The summed E-state index contributed by atoms with van der Waals surface area (Å²) in [5.41, 5.74) is 0.709. The van der Waals surface area contributed by atoms with Gasteiger partial charge >= 0.3 is 5.97 Å². The molecule has 0 bridgehead atoms. The molecule has 1 rings (SSSR count). The number of carbonyl (C=O) groups is 1. The predicted molar refractivity (Wildman–Crippen MR) is 89.9 cm³/mol. The molecule has 0 amide bonds. The van der Waals surface area contributed by atoms with Gasteiger partial charge in [0.05, 0.1) is 7.11 Å². The molecule has 0 aliphatic carbocycles. The second-order valence-corrected chi connectivity index (χ2v) is 7.44. The zero-order valence-electron chi connectivity index (χ0n) is 13.9. The van der Waals surface area contributed by atoms with Crippen LogP contribution in [0.15, 0.2) is 29.2 Å². The van der Waals surface area contributed by atoms with Gasteiger partial charge in [-0.3, -0.25) is 4.79 Å². The Bertz CT molecular complexity index is 458. The molecule has 0 radical (unpaired) electrons. The van der Waals surface area contributed by atoms with Crippen molar-refractivity contribution in [2.45, 2.75) is 55.7 Å². The molecule has 0 spiro atoms. The summed E-state index contributed by atoms with van der Waals surface area (Å²) in [5, 5.41) is 3.39. The normalized spacial score (nSPS) is 15.6. The van der Waals surface area contributed by atoms with Crippen molar-refractivity contribution in [1.29, 1.82) is 0 Å². The van der Waals surface area contributed by atoms with Crippen LogP contribution in [0.3, 0.4) is 0 Å². The fourth-order valence-corrected chi connectivity index (χ4v) is 3.47. The molecular formula is C17H27NO2S. The number of methoxy groups -OCH3 is 1. The zero-order valence-corrected chi connectivity index (χ0v) is 14.7. The fraction of sp³-hybridized carbons (Fsp3) is 0.588. The number of likely N-dealkylation sites (N-methyl/N-ethyl adjacent to an activating group) is 1. The minimum Gasteiger partial charge on any atom is -0.468 e. The van der Waals surface area contributed by atoms with Gasteiger partial charge in [-0.15, -0.1) is 11.8 Å². The van der Waals surface area contributed by atoms with Crippen molar-refractivity contribution < 1.29 is 9.53 Å². The SMILES string of the molecule is CNC(C)(CC(C)Sc1ccc(C(C)C)cc1)C(=O)OC. The van der Waals surface area contributed by atoms with E-state index < -0.39 is 5.54 Å². The average Bonchev–Trinajstić information content (AvgIpc) is 2.46. The van der Waals surface area contributed by atoms with E-state index in [1.807, 2.05) is 6.92 Å². The van der Waals surface area contributed by atoms with Crippen LogP contribution in [-0.4, -0.2) is 30.9 Å². The number of benzene rings is 1. The van der Waals surface area contributed by atoms with Gasteiger partial charge in [-0.05, 0) is 44.0 Å². The quantitative estimate of drug-likeness (QED) is 0.613. The molecule has 1 aromatic rings. The first-order valence-corrected chi connectivity index (χ1v) is 8.24. The summed E-state index contributed by atoms with van der Waals surface area (Å²) < 4.78 is 4.89. The monoisotopic (exact) mass is 309 g/mol. The molecule has 0 saturated carbocycles. The number of ether oxygens (including phenoxy) is 1. The molecule has 21 heavy (non-hydrogen) atoms. The van der Waals surface area contributed by atoms with E-state index in [0.717, 1.165) is 0 Å². The largest absolute Gasteiger partial charge is 0.468 e. The van der Waals surface area contributed by atoms with E-state index >= 15 is 0 Å². The molecule has 0 aliphatic rings. The van der Waals surface area contributed by atoms with Crippen LogP contribution in [-0.2, 0) is 9.53 Å². The van der Waals surface area contributed by atoms with E-state index in [0.29, 0.717) is 17.6 Å². The smallest absolute Gasteiger partial charge is 0.325 e. The third-order valence-electron chi connectivity index (χ3n) is 3.77. The predicted octanol–water partition coefficient (Wildman–Crippen LogP) is 3.83. The Morgan fingerprint density at radius 3 is 2.29 bits per heavy atom. The van der Waals surface area contributed by atoms with Crippen molar-refractivity contribution in [1.82, 2.24) is 5.32 Å². The summed E-state index contributed by atoms with van der Waals surface area (Å²) >= 11 is 1.79. The topological polar surface area (TPSA) is 38.3 Å². The van der Waals surface area contributed by atoms with Crippen molar-refractivity contribution in [2.75, 3.05) is 14.2 Å². The van der Waals surface area contributed by atoms with Gasteiger partial charge in [0.15, 0.2) is 0 Å². The molecule has 3 nitrogen and oxygen atoms in total. The minimum absolute atomic E-state index is 0.215. The molecule has 1 aromatic carbocycles. The first kappa shape index (κ1) is 18.1. The third-order valence-corrected chi connectivity index (χ3v) is 4.88. The Kier molecular flexibility index (Phi) is 6.75. The third kappa shape index (κ3) is 5.04. The highest BCUT2D eigenvalue weighted by atomic mass is 32.2. The Labute approximate surface area is 132 Å². The van der Waals surface area contributed by atoms with Gasteiger partial charge < -0.3 is 10.1 Å². The number of nitrogens with one attached hydrogen (secondary N) is 1. The molecule has 0 fully saturated rings. The van der Waals surface area contributed by atoms with Gasteiger partial charge in [0, 0.05) is 10.1 Å². The van der Waals surface area contributed by atoms with Crippen molar-refractivity contribution in [3.8, 4) is 0 Å². The summed E-state index contributed by atoms with van der Waals surface area (Å²) in [7, 11) is 3.23. The van der Waals surface area contributed by atoms with E-state index in [2.05, 4.69) is 50.4 Å². The molecular weight excluding hydrogens is 282 g/mol. The Morgan fingerprint density at radius 1 is 1.29 bits per heavy atom. The molecule has 2 unspecified atom stereocenters. The standard InChI is InChI=1S/C17H27NO2S/c1-12(2)14-7-9-15(10-8-14)21-13(3)11-17(4,18-5)16(19)20-6/h7-10,12-13,18H,11H2,1-6H3. The van der Waals surface area contributed by atoms with Crippen molar-refractivity contribution in [3.63, 3.8) is 0 Å². The molecule has 0 aromatic heterocycles. The van der Waals surface area contributed by atoms with Gasteiger partial charge in [0.2, 0.25) is 0 Å². The highest BCUT2D eigenvalue weighted by molar-refractivity contribution is 7.99. The zero-order chi connectivity index (χ0) is 16.0. The molecule has 0 saturated heterocycles. The minimum atomic E-state index is -0.640. The lowest BCUT2D eigenvalue weighted by molar-refractivity contribution is -0.147. The number of hydrogen-bond donors (Lipinski definition) is 1.